The van der Waals surface area contributed by atoms with Gasteiger partial charge in [-0.1, -0.05) is 13.0 Å². The molecule has 0 aromatic heterocycles. The second kappa shape index (κ2) is 8.00. The van der Waals surface area contributed by atoms with Crippen LogP contribution >= 0.6 is 12.4 Å². The Morgan fingerprint density at radius 1 is 1.43 bits per heavy atom. The van der Waals surface area contributed by atoms with Crippen LogP contribution in [0.1, 0.15) is 36.5 Å². The summed E-state index contributed by atoms with van der Waals surface area (Å²) in [6.45, 7) is 3.14. The van der Waals surface area contributed by atoms with Crippen molar-refractivity contribution in [1.29, 1.82) is 0 Å². The fourth-order valence-corrected chi connectivity index (χ4v) is 2.36. The first-order valence-corrected chi connectivity index (χ1v) is 7.05. The first kappa shape index (κ1) is 17.5. The smallest absolute Gasteiger partial charge is 0.253 e. The molecule has 1 heterocycles. The molecule has 1 unspecified atom stereocenters. The number of nitrogens with one attached hydrogen (secondary N) is 1. The van der Waals surface area contributed by atoms with E-state index in [4.69, 9.17) is 5.73 Å². The monoisotopic (exact) mass is 311 g/mol. The van der Waals surface area contributed by atoms with Crippen LogP contribution in [0.3, 0.4) is 0 Å². The predicted octanol–water partition coefficient (Wildman–Crippen LogP) is 2.02. The molecule has 1 aliphatic rings. The Morgan fingerprint density at radius 2 is 2.19 bits per heavy atom. The van der Waals surface area contributed by atoms with E-state index in [1.807, 2.05) is 0 Å². The second-order valence-corrected chi connectivity index (χ2v) is 5.14. The van der Waals surface area contributed by atoms with Crippen LogP contribution in [-0.2, 0) is 4.79 Å². The molecule has 2 amide bonds. The number of anilines is 1. The molecular formula is C15H22ClN3O2. The Morgan fingerprint density at radius 3 is 2.86 bits per heavy atom. The van der Waals surface area contributed by atoms with E-state index in [9.17, 15) is 9.59 Å². The fraction of sp³-hybridized carbons (Fsp3) is 0.467. The molecule has 1 aliphatic heterocycles. The highest BCUT2D eigenvalue weighted by atomic mass is 35.5. The van der Waals surface area contributed by atoms with Crippen molar-refractivity contribution < 1.29 is 9.59 Å². The third-order valence-corrected chi connectivity index (χ3v) is 3.46. The first-order valence-electron chi connectivity index (χ1n) is 7.05. The SMILES string of the molecule is CCC(=O)Nc1cccc(C(=O)N2CCCC(N)C2)c1.Cl. The van der Waals surface area contributed by atoms with E-state index < -0.39 is 0 Å². The normalized spacial score (nSPS) is 17.8. The zero-order valence-electron chi connectivity index (χ0n) is 12.2. The van der Waals surface area contributed by atoms with Gasteiger partial charge in [-0.05, 0) is 31.0 Å². The van der Waals surface area contributed by atoms with Crippen molar-refractivity contribution in [3.8, 4) is 0 Å². The number of nitrogens with two attached hydrogens (primary N) is 1. The van der Waals surface area contributed by atoms with E-state index >= 15 is 0 Å². The molecule has 1 saturated heterocycles. The van der Waals surface area contributed by atoms with Crippen molar-refractivity contribution in [2.24, 2.45) is 5.73 Å². The summed E-state index contributed by atoms with van der Waals surface area (Å²) in [5.41, 5.74) is 7.15. The van der Waals surface area contributed by atoms with Crippen molar-refractivity contribution in [3.05, 3.63) is 29.8 Å². The molecule has 1 fully saturated rings. The highest BCUT2D eigenvalue weighted by Gasteiger charge is 2.22. The minimum atomic E-state index is -0.0606. The summed E-state index contributed by atoms with van der Waals surface area (Å²) < 4.78 is 0. The number of nitrogens with zero attached hydrogens (tertiary/aromatic N) is 1. The highest BCUT2D eigenvalue weighted by Crippen LogP contribution is 2.16. The van der Waals surface area contributed by atoms with Crippen LogP contribution in [0.4, 0.5) is 5.69 Å². The van der Waals surface area contributed by atoms with E-state index in [1.54, 1.807) is 36.1 Å². The average Bonchev–Trinajstić information content (AvgIpc) is 2.46. The van der Waals surface area contributed by atoms with Gasteiger partial charge in [-0.25, -0.2) is 0 Å². The molecule has 0 bridgehead atoms. The third-order valence-electron chi connectivity index (χ3n) is 3.46. The Kier molecular flexibility index (Phi) is 6.65. The first-order chi connectivity index (χ1) is 9.60. The van der Waals surface area contributed by atoms with E-state index in [1.165, 1.54) is 0 Å². The molecule has 21 heavy (non-hydrogen) atoms. The molecule has 3 N–H and O–H groups in total. The lowest BCUT2D eigenvalue weighted by Crippen LogP contribution is -2.45. The van der Waals surface area contributed by atoms with Crippen LogP contribution in [0, 0.1) is 0 Å². The van der Waals surface area contributed by atoms with Crippen LogP contribution < -0.4 is 11.1 Å². The predicted molar refractivity (Wildman–Crippen MR) is 85.7 cm³/mol. The van der Waals surface area contributed by atoms with Gasteiger partial charge in [0.1, 0.15) is 0 Å². The molecular weight excluding hydrogens is 290 g/mol. The molecule has 0 spiro atoms. The zero-order chi connectivity index (χ0) is 14.5. The van der Waals surface area contributed by atoms with Gasteiger partial charge in [0.25, 0.3) is 5.91 Å². The van der Waals surface area contributed by atoms with Gasteiger partial charge in [0.15, 0.2) is 0 Å². The van der Waals surface area contributed by atoms with Crippen LogP contribution in [0.25, 0.3) is 0 Å². The van der Waals surface area contributed by atoms with E-state index in [-0.39, 0.29) is 30.3 Å². The lowest BCUT2D eigenvalue weighted by Gasteiger charge is -2.30. The van der Waals surface area contributed by atoms with Crippen molar-refractivity contribution in [2.45, 2.75) is 32.2 Å². The van der Waals surface area contributed by atoms with Crippen molar-refractivity contribution in [3.63, 3.8) is 0 Å². The number of hydrogen-bond acceptors (Lipinski definition) is 3. The number of rotatable bonds is 3. The number of carbonyl (C=O) groups excluding carboxylic acids is 2. The largest absolute Gasteiger partial charge is 0.337 e. The standard InChI is InChI=1S/C15H21N3O2.ClH/c1-2-14(19)17-13-7-3-5-11(9-13)15(20)18-8-4-6-12(16)10-18;/h3,5,7,9,12H,2,4,6,8,10,16H2,1H3,(H,17,19);1H. The second-order valence-electron chi connectivity index (χ2n) is 5.14. The van der Waals surface area contributed by atoms with Gasteiger partial charge < -0.3 is 16.0 Å². The van der Waals surface area contributed by atoms with E-state index in [0.717, 1.165) is 19.4 Å². The maximum atomic E-state index is 12.4. The molecule has 1 atom stereocenters. The number of halogens is 1. The average molecular weight is 312 g/mol. The van der Waals surface area contributed by atoms with Gasteiger partial charge in [-0.2, -0.15) is 0 Å². The summed E-state index contributed by atoms with van der Waals surface area (Å²) in [7, 11) is 0. The number of amides is 2. The molecule has 2 rings (SSSR count). The van der Waals surface area contributed by atoms with Crippen LogP contribution in [-0.4, -0.2) is 35.8 Å². The van der Waals surface area contributed by atoms with Gasteiger partial charge in [-0.3, -0.25) is 9.59 Å². The molecule has 0 saturated carbocycles. The number of piperidine rings is 1. The van der Waals surface area contributed by atoms with Crippen molar-refractivity contribution in [2.75, 3.05) is 18.4 Å². The molecule has 1 aromatic carbocycles. The highest BCUT2D eigenvalue weighted by molar-refractivity contribution is 5.97. The number of hydrogen-bond donors (Lipinski definition) is 2. The molecule has 0 radical (unpaired) electrons. The zero-order valence-corrected chi connectivity index (χ0v) is 13.0. The van der Waals surface area contributed by atoms with Gasteiger partial charge in [0.05, 0.1) is 0 Å². The molecule has 0 aliphatic carbocycles. The van der Waals surface area contributed by atoms with Gasteiger partial charge >= 0.3 is 0 Å². The summed E-state index contributed by atoms with van der Waals surface area (Å²) in [6, 6.07) is 7.12. The molecule has 1 aromatic rings. The minimum absolute atomic E-state index is 0. The molecule has 5 nitrogen and oxygen atoms in total. The Hall–Kier alpha value is -1.59. The summed E-state index contributed by atoms with van der Waals surface area (Å²) in [5, 5.41) is 2.76. The summed E-state index contributed by atoms with van der Waals surface area (Å²) >= 11 is 0. The topological polar surface area (TPSA) is 75.4 Å². The van der Waals surface area contributed by atoms with Gasteiger partial charge in [-0.15, -0.1) is 12.4 Å². The Bertz CT molecular complexity index is 507. The number of carbonyl (C=O) groups is 2. The van der Waals surface area contributed by atoms with Crippen molar-refractivity contribution >= 4 is 29.9 Å². The molecule has 6 heteroatoms. The lowest BCUT2D eigenvalue weighted by molar-refractivity contribution is -0.115. The quantitative estimate of drug-likeness (QED) is 0.896. The summed E-state index contributed by atoms with van der Waals surface area (Å²) in [4.78, 5) is 25.6. The third kappa shape index (κ3) is 4.72. The Labute approximate surface area is 131 Å². The maximum Gasteiger partial charge on any atom is 0.253 e. The summed E-state index contributed by atoms with van der Waals surface area (Å²) in [5.74, 6) is -0.0812. The van der Waals surface area contributed by atoms with Crippen LogP contribution in [0.2, 0.25) is 0 Å². The maximum absolute atomic E-state index is 12.4. The summed E-state index contributed by atoms with van der Waals surface area (Å²) in [6.07, 6.45) is 2.33. The number of benzene rings is 1. The lowest BCUT2D eigenvalue weighted by atomic mass is 10.1. The van der Waals surface area contributed by atoms with Crippen LogP contribution in [0.15, 0.2) is 24.3 Å². The van der Waals surface area contributed by atoms with E-state index in [2.05, 4.69) is 5.32 Å². The Balaban J connectivity index is 0.00000220. The van der Waals surface area contributed by atoms with Gasteiger partial charge in [0.2, 0.25) is 5.91 Å². The van der Waals surface area contributed by atoms with Gasteiger partial charge in [0, 0.05) is 36.8 Å². The fourth-order valence-electron chi connectivity index (χ4n) is 2.36. The minimum Gasteiger partial charge on any atom is -0.337 e. The molecule has 116 valence electrons. The van der Waals surface area contributed by atoms with Crippen LogP contribution in [0.5, 0.6) is 0 Å². The van der Waals surface area contributed by atoms with Crippen molar-refractivity contribution in [1.82, 2.24) is 4.90 Å². The number of likely N-dealkylation sites (tertiary alicyclic amines) is 1. The van der Waals surface area contributed by atoms with E-state index in [0.29, 0.717) is 24.2 Å².